The van der Waals surface area contributed by atoms with Crippen LogP contribution in [0.2, 0.25) is 0 Å². The lowest BCUT2D eigenvalue weighted by molar-refractivity contribution is -0.142. The van der Waals surface area contributed by atoms with Gasteiger partial charge in [0.05, 0.1) is 24.9 Å². The molecule has 1 aromatic carbocycles. The first-order valence-electron chi connectivity index (χ1n) is 12.2. The minimum Gasteiger partial charge on any atom is -0.494 e. The van der Waals surface area contributed by atoms with Crippen molar-refractivity contribution < 1.29 is 19.4 Å². The maximum atomic E-state index is 13.0. The van der Waals surface area contributed by atoms with Gasteiger partial charge in [-0.25, -0.2) is 9.48 Å². The Kier molecular flexibility index (Phi) is 9.03. The fourth-order valence-electron chi connectivity index (χ4n) is 4.54. The summed E-state index contributed by atoms with van der Waals surface area (Å²) in [5, 5.41) is 20.0. The Morgan fingerprint density at radius 3 is 2.40 bits per heavy atom. The summed E-state index contributed by atoms with van der Waals surface area (Å²) in [6.45, 7) is 3.93. The number of nitrogens with one attached hydrogen (secondary N) is 2. The van der Waals surface area contributed by atoms with E-state index in [0.717, 1.165) is 31.2 Å². The lowest BCUT2D eigenvalue weighted by atomic mass is 9.93. The average molecular weight is 485 g/mol. The van der Waals surface area contributed by atoms with E-state index in [9.17, 15) is 19.5 Å². The smallest absolute Gasteiger partial charge is 0.326 e. The molecule has 0 saturated heterocycles. The van der Waals surface area contributed by atoms with Gasteiger partial charge in [0.1, 0.15) is 6.04 Å². The lowest BCUT2D eigenvalue weighted by Crippen LogP contribution is -2.55. The van der Waals surface area contributed by atoms with E-state index in [1.54, 1.807) is 31.3 Å². The molecule has 0 aliphatic heterocycles. The van der Waals surface area contributed by atoms with Crippen LogP contribution in [0.4, 0.5) is 0 Å². The largest absolute Gasteiger partial charge is 0.494 e. The average Bonchev–Trinajstić information content (AvgIpc) is 2.84. The molecule has 0 spiro atoms. The van der Waals surface area contributed by atoms with Gasteiger partial charge in [-0.2, -0.15) is 5.10 Å². The quantitative estimate of drug-likeness (QED) is 0.474. The number of carboxylic acid groups (broad SMARTS) is 1. The van der Waals surface area contributed by atoms with Crippen LogP contribution in [0.1, 0.15) is 51.5 Å². The summed E-state index contributed by atoms with van der Waals surface area (Å²) in [4.78, 5) is 37.6. The molecular formula is C26H36N4O5. The zero-order valence-electron chi connectivity index (χ0n) is 20.9. The highest BCUT2D eigenvalue weighted by Crippen LogP contribution is 2.26. The molecule has 1 aliphatic rings. The molecule has 1 aliphatic carbocycles. The van der Waals surface area contributed by atoms with Gasteiger partial charge in [0.2, 0.25) is 5.91 Å². The third-order valence-corrected chi connectivity index (χ3v) is 6.59. The van der Waals surface area contributed by atoms with Crippen molar-refractivity contribution in [2.45, 2.75) is 70.5 Å². The minimum absolute atomic E-state index is 0.0311. The van der Waals surface area contributed by atoms with Crippen molar-refractivity contribution >= 4 is 11.9 Å². The first kappa shape index (κ1) is 26.4. The number of methoxy groups -OCH3 is 1. The van der Waals surface area contributed by atoms with E-state index in [1.807, 2.05) is 13.8 Å². The molecule has 0 unspecified atom stereocenters. The van der Waals surface area contributed by atoms with Crippen LogP contribution >= 0.6 is 0 Å². The Morgan fingerprint density at radius 2 is 1.83 bits per heavy atom. The monoisotopic (exact) mass is 484 g/mol. The summed E-state index contributed by atoms with van der Waals surface area (Å²) in [5.74, 6) is -0.989. The van der Waals surface area contributed by atoms with E-state index in [2.05, 4.69) is 15.7 Å². The van der Waals surface area contributed by atoms with E-state index < -0.39 is 18.1 Å². The number of rotatable bonds is 10. The molecule has 1 saturated carbocycles. The second-order valence-electron chi connectivity index (χ2n) is 9.54. The molecular weight excluding hydrogens is 448 g/mol. The summed E-state index contributed by atoms with van der Waals surface area (Å²) in [6, 6.07) is 5.79. The predicted octanol–water partition coefficient (Wildman–Crippen LogP) is 2.51. The highest BCUT2D eigenvalue weighted by Gasteiger charge is 2.29. The molecule has 2 atom stereocenters. The van der Waals surface area contributed by atoms with E-state index in [0.29, 0.717) is 16.9 Å². The Bertz CT molecular complexity index is 1070. The van der Waals surface area contributed by atoms with E-state index >= 15 is 0 Å². The number of carboxylic acids is 1. The third kappa shape index (κ3) is 6.69. The van der Waals surface area contributed by atoms with Crippen molar-refractivity contribution in [2.24, 2.45) is 13.0 Å². The number of carbonyl (C=O) groups is 2. The number of nitrogens with zero attached hydrogens (tertiary/aromatic N) is 2. The first-order valence-corrected chi connectivity index (χ1v) is 12.2. The fourth-order valence-corrected chi connectivity index (χ4v) is 4.54. The van der Waals surface area contributed by atoms with Gasteiger partial charge < -0.3 is 20.5 Å². The standard InChI is InChI=1S/C26H36N4O5/c1-16(2)23(28-19-8-6-5-7-9-19)24(31)29-20(26(33)34)14-17-10-12-18(13-11-17)22-21(35-4)15-27-30(3)25(22)32/h10-13,15-16,19-20,23,28H,5-9,14H2,1-4H3,(H,29,31)(H,33,34)/t20-,23+/m0/s1. The molecule has 1 heterocycles. The number of benzene rings is 1. The fraction of sp³-hybridized carbons (Fsp3) is 0.538. The van der Waals surface area contributed by atoms with Crippen LogP contribution in [-0.4, -0.2) is 52.0 Å². The van der Waals surface area contributed by atoms with Gasteiger partial charge in [-0.1, -0.05) is 57.4 Å². The topological polar surface area (TPSA) is 123 Å². The molecule has 0 bridgehead atoms. The molecule has 0 radical (unpaired) electrons. The second-order valence-corrected chi connectivity index (χ2v) is 9.54. The van der Waals surface area contributed by atoms with E-state index in [4.69, 9.17) is 4.74 Å². The molecule has 3 rings (SSSR count). The van der Waals surface area contributed by atoms with E-state index in [1.165, 1.54) is 24.4 Å². The number of hydrogen-bond acceptors (Lipinski definition) is 6. The Morgan fingerprint density at radius 1 is 1.17 bits per heavy atom. The molecule has 1 fully saturated rings. The van der Waals surface area contributed by atoms with Crippen LogP contribution in [0, 0.1) is 5.92 Å². The third-order valence-electron chi connectivity index (χ3n) is 6.59. The highest BCUT2D eigenvalue weighted by atomic mass is 16.5. The zero-order chi connectivity index (χ0) is 25.5. The van der Waals surface area contributed by atoms with Gasteiger partial charge in [0, 0.05) is 19.5 Å². The Balaban J connectivity index is 1.72. The normalized spacial score (nSPS) is 16.0. The van der Waals surface area contributed by atoms with Crippen LogP contribution in [0.25, 0.3) is 11.1 Å². The number of aliphatic carboxylic acids is 1. The summed E-state index contributed by atoms with van der Waals surface area (Å²) in [6.07, 6.45) is 7.20. The number of carbonyl (C=O) groups excluding carboxylic acids is 1. The van der Waals surface area contributed by atoms with Gasteiger partial charge in [-0.15, -0.1) is 0 Å². The lowest BCUT2D eigenvalue weighted by Gasteiger charge is -2.30. The summed E-state index contributed by atoms with van der Waals surface area (Å²) in [7, 11) is 3.04. The minimum atomic E-state index is -1.09. The molecule has 35 heavy (non-hydrogen) atoms. The van der Waals surface area contributed by atoms with Crippen LogP contribution < -0.4 is 20.9 Å². The molecule has 9 heteroatoms. The molecule has 2 aromatic rings. The Labute approximate surface area is 205 Å². The molecule has 9 nitrogen and oxygen atoms in total. The van der Waals surface area contributed by atoms with Crippen LogP contribution in [-0.2, 0) is 23.1 Å². The van der Waals surface area contributed by atoms with Crippen molar-refractivity contribution in [1.82, 2.24) is 20.4 Å². The summed E-state index contributed by atoms with van der Waals surface area (Å²) in [5.41, 5.74) is 1.46. The van der Waals surface area contributed by atoms with Gasteiger partial charge in [-0.05, 0) is 29.9 Å². The SMILES string of the molecule is COc1cnn(C)c(=O)c1-c1ccc(C[C@H](NC(=O)[C@H](NC2CCCCC2)C(C)C)C(=O)O)cc1. The number of hydrogen-bond donors (Lipinski definition) is 3. The number of aromatic nitrogens is 2. The van der Waals surface area contributed by atoms with Crippen LogP contribution in [0.15, 0.2) is 35.3 Å². The predicted molar refractivity (Wildman–Crippen MR) is 133 cm³/mol. The first-order chi connectivity index (χ1) is 16.7. The summed E-state index contributed by atoms with van der Waals surface area (Å²) < 4.78 is 6.53. The molecule has 3 N–H and O–H groups in total. The van der Waals surface area contributed by atoms with Crippen molar-refractivity contribution in [3.63, 3.8) is 0 Å². The van der Waals surface area contributed by atoms with Crippen molar-refractivity contribution in [3.05, 3.63) is 46.4 Å². The van der Waals surface area contributed by atoms with Crippen LogP contribution in [0.3, 0.4) is 0 Å². The van der Waals surface area contributed by atoms with Crippen molar-refractivity contribution in [1.29, 1.82) is 0 Å². The maximum Gasteiger partial charge on any atom is 0.326 e. The van der Waals surface area contributed by atoms with Gasteiger partial charge in [-0.3, -0.25) is 9.59 Å². The number of amides is 1. The maximum absolute atomic E-state index is 13.0. The second kappa shape index (κ2) is 12.0. The van der Waals surface area contributed by atoms with E-state index in [-0.39, 0.29) is 29.8 Å². The molecule has 1 amide bonds. The van der Waals surface area contributed by atoms with Gasteiger partial charge in [0.15, 0.2) is 5.75 Å². The summed E-state index contributed by atoms with van der Waals surface area (Å²) >= 11 is 0. The number of ether oxygens (including phenoxy) is 1. The van der Waals surface area contributed by atoms with Gasteiger partial charge in [0.25, 0.3) is 5.56 Å². The van der Waals surface area contributed by atoms with Gasteiger partial charge >= 0.3 is 5.97 Å². The van der Waals surface area contributed by atoms with Crippen molar-refractivity contribution in [2.75, 3.05) is 7.11 Å². The zero-order valence-corrected chi connectivity index (χ0v) is 20.9. The Hall–Kier alpha value is -3.20. The van der Waals surface area contributed by atoms with Crippen molar-refractivity contribution in [3.8, 4) is 16.9 Å². The van der Waals surface area contributed by atoms with Crippen LogP contribution in [0.5, 0.6) is 5.75 Å². The molecule has 190 valence electrons. The highest BCUT2D eigenvalue weighted by molar-refractivity contribution is 5.87. The molecule has 1 aromatic heterocycles. The number of aryl methyl sites for hydroxylation is 1.